The standard InChI is InChI=1S/C74H130NO8P/c1-6-8-10-12-14-16-18-20-22-24-26-27-28-29-30-31-32-33-34-35-36-37-38-39-40-41-42-43-44-45-46-47-49-51-53-55-57-59-61-63-65-67-74(77)83-72(71-82-84(78,79)81-69-68-75(3,4)5)70-80-73(76)66-64-62-60-58-56-54-52-50-48-25-23-21-19-17-15-13-11-9-7-2/h8-11,14-17,20-23,26-27,29-30,48,50,72H,6-7,12-13,18-19,24-25,28,31-47,49,51-71H2,1-5H3/b10-8-,11-9-,16-14-,17-15-,22-20-,23-21-,27-26-,30-29-,50-48-. The fourth-order valence-corrected chi connectivity index (χ4v) is 10.3. The van der Waals surface area contributed by atoms with Crippen molar-refractivity contribution in [3.05, 3.63) is 109 Å². The molecule has 2 unspecified atom stereocenters. The number of rotatable bonds is 63. The van der Waals surface area contributed by atoms with Crippen LogP contribution in [0.3, 0.4) is 0 Å². The Morgan fingerprint density at radius 1 is 0.369 bits per heavy atom. The number of esters is 2. The Bertz CT molecular complexity index is 1790. The molecule has 0 radical (unpaired) electrons. The van der Waals surface area contributed by atoms with Crippen molar-refractivity contribution < 1.29 is 42.1 Å². The van der Waals surface area contributed by atoms with Crippen molar-refractivity contribution in [3.8, 4) is 0 Å². The van der Waals surface area contributed by atoms with Crippen molar-refractivity contribution >= 4 is 19.8 Å². The van der Waals surface area contributed by atoms with E-state index in [1.165, 1.54) is 141 Å². The molecular formula is C74H130NO8P. The Morgan fingerprint density at radius 2 is 0.643 bits per heavy atom. The van der Waals surface area contributed by atoms with Crippen LogP contribution in [0.15, 0.2) is 109 Å². The largest absolute Gasteiger partial charge is 0.756 e. The van der Waals surface area contributed by atoms with Crippen LogP contribution in [0.4, 0.5) is 0 Å². The van der Waals surface area contributed by atoms with Crippen LogP contribution >= 0.6 is 7.82 Å². The summed E-state index contributed by atoms with van der Waals surface area (Å²) in [6.45, 7) is 4.02. The van der Waals surface area contributed by atoms with E-state index in [1.807, 2.05) is 21.1 Å². The molecule has 0 aromatic rings. The third-order valence-electron chi connectivity index (χ3n) is 14.8. The van der Waals surface area contributed by atoms with Gasteiger partial charge in [0.05, 0.1) is 27.7 Å². The second kappa shape index (κ2) is 64.2. The summed E-state index contributed by atoms with van der Waals surface area (Å²) >= 11 is 0. The number of ether oxygens (including phenoxy) is 2. The van der Waals surface area contributed by atoms with Gasteiger partial charge in [-0.25, -0.2) is 0 Å². The Balaban J connectivity index is 3.94. The summed E-state index contributed by atoms with van der Waals surface area (Å²) in [6, 6.07) is 0. The van der Waals surface area contributed by atoms with Gasteiger partial charge in [-0.3, -0.25) is 14.2 Å². The molecule has 0 aromatic heterocycles. The predicted octanol–water partition coefficient (Wildman–Crippen LogP) is 21.9. The lowest BCUT2D eigenvalue weighted by Crippen LogP contribution is -2.37. The number of allylic oxidation sites excluding steroid dienone is 18. The second-order valence-corrected chi connectivity index (χ2v) is 25.5. The lowest BCUT2D eigenvalue weighted by molar-refractivity contribution is -0.870. The summed E-state index contributed by atoms with van der Waals surface area (Å²) in [5.41, 5.74) is 0. The van der Waals surface area contributed by atoms with Crippen molar-refractivity contribution in [1.82, 2.24) is 0 Å². The first-order chi connectivity index (χ1) is 41.0. The number of carbonyl (C=O) groups excluding carboxylic acids is 2. The monoisotopic (exact) mass is 1190 g/mol. The zero-order valence-electron chi connectivity index (χ0n) is 55.1. The molecule has 84 heavy (non-hydrogen) atoms. The van der Waals surface area contributed by atoms with Gasteiger partial charge >= 0.3 is 11.9 Å². The molecule has 0 amide bonds. The van der Waals surface area contributed by atoms with Crippen LogP contribution in [0.5, 0.6) is 0 Å². The summed E-state index contributed by atoms with van der Waals surface area (Å²) in [7, 11) is 1.16. The van der Waals surface area contributed by atoms with E-state index in [2.05, 4.69) is 123 Å². The number of quaternary nitrogens is 1. The molecule has 0 N–H and O–H groups in total. The van der Waals surface area contributed by atoms with Crippen LogP contribution in [-0.4, -0.2) is 70.0 Å². The van der Waals surface area contributed by atoms with E-state index >= 15 is 0 Å². The van der Waals surface area contributed by atoms with Crippen molar-refractivity contribution in [2.24, 2.45) is 0 Å². The first-order valence-electron chi connectivity index (χ1n) is 34.6. The number of phosphoric ester groups is 1. The Kier molecular flexibility index (Phi) is 61.6. The lowest BCUT2D eigenvalue weighted by Gasteiger charge is -2.28. The molecule has 9 nitrogen and oxygen atoms in total. The van der Waals surface area contributed by atoms with Gasteiger partial charge in [-0.2, -0.15) is 0 Å². The van der Waals surface area contributed by atoms with Crippen molar-refractivity contribution in [1.29, 1.82) is 0 Å². The van der Waals surface area contributed by atoms with Gasteiger partial charge in [-0.05, 0) is 96.3 Å². The highest BCUT2D eigenvalue weighted by Crippen LogP contribution is 2.38. The Morgan fingerprint density at radius 3 is 0.952 bits per heavy atom. The first kappa shape index (κ1) is 80.7. The molecule has 0 aliphatic carbocycles. The Hall–Kier alpha value is -3.33. The number of nitrogens with zero attached hydrogens (tertiary/aromatic N) is 1. The Labute approximate surface area is 518 Å². The van der Waals surface area contributed by atoms with Crippen LogP contribution < -0.4 is 4.89 Å². The highest BCUT2D eigenvalue weighted by molar-refractivity contribution is 7.45. The lowest BCUT2D eigenvalue weighted by atomic mass is 10.0. The molecule has 10 heteroatoms. The number of likely N-dealkylation sites (N-methyl/N-ethyl adjacent to an activating group) is 1. The fourth-order valence-electron chi connectivity index (χ4n) is 9.56. The highest BCUT2D eigenvalue weighted by Gasteiger charge is 2.22. The zero-order chi connectivity index (χ0) is 61.2. The predicted molar refractivity (Wildman–Crippen MR) is 360 cm³/mol. The van der Waals surface area contributed by atoms with E-state index in [1.54, 1.807) is 0 Å². The molecule has 0 rings (SSSR count). The molecule has 0 aliphatic heterocycles. The maximum absolute atomic E-state index is 12.8. The number of carbonyl (C=O) groups is 2. The van der Waals surface area contributed by atoms with E-state index in [4.69, 9.17) is 18.5 Å². The van der Waals surface area contributed by atoms with Gasteiger partial charge in [-0.15, -0.1) is 0 Å². The smallest absolute Gasteiger partial charge is 0.306 e. The normalized spacial score (nSPS) is 13.8. The minimum Gasteiger partial charge on any atom is -0.756 e. The molecule has 0 heterocycles. The molecule has 0 saturated carbocycles. The average molecular weight is 1190 g/mol. The molecule has 0 aromatic carbocycles. The summed E-state index contributed by atoms with van der Waals surface area (Å²) in [6.07, 6.45) is 90.4. The molecular weight excluding hydrogens is 1060 g/mol. The average Bonchev–Trinajstić information content (AvgIpc) is 3.61. The van der Waals surface area contributed by atoms with Gasteiger partial charge in [0.1, 0.15) is 19.8 Å². The SMILES string of the molecule is CC/C=C\C/C=C\C/C=C\C/C=C\C/C=C\CCCCCCCCCCCCCCCCCCCCCCCCCCCC(=O)OC(COC(=O)CCCCCCCC/C=C\C/C=C\C/C=C\C/C=C\CC)COP(=O)([O-])OCC[N+](C)(C)C. The summed E-state index contributed by atoms with van der Waals surface area (Å²) < 4.78 is 34.2. The first-order valence-corrected chi connectivity index (χ1v) is 36.1. The van der Waals surface area contributed by atoms with Gasteiger partial charge in [0.2, 0.25) is 0 Å². The summed E-state index contributed by atoms with van der Waals surface area (Å²) in [4.78, 5) is 38.0. The van der Waals surface area contributed by atoms with Gasteiger partial charge in [-0.1, -0.05) is 297 Å². The molecule has 0 bridgehead atoms. The molecule has 0 fully saturated rings. The van der Waals surface area contributed by atoms with Crippen LogP contribution in [0, 0.1) is 0 Å². The molecule has 2 atom stereocenters. The molecule has 0 saturated heterocycles. The zero-order valence-corrected chi connectivity index (χ0v) is 56.0. The van der Waals surface area contributed by atoms with E-state index in [0.717, 1.165) is 116 Å². The van der Waals surface area contributed by atoms with E-state index in [-0.39, 0.29) is 26.1 Å². The summed E-state index contributed by atoms with van der Waals surface area (Å²) in [5.74, 6) is -0.843. The second-order valence-electron chi connectivity index (χ2n) is 24.1. The highest BCUT2D eigenvalue weighted by atomic mass is 31.2. The number of phosphoric acid groups is 1. The third kappa shape index (κ3) is 67.8. The van der Waals surface area contributed by atoms with Crippen LogP contribution in [0.2, 0.25) is 0 Å². The van der Waals surface area contributed by atoms with Gasteiger partial charge in [0.15, 0.2) is 6.10 Å². The third-order valence-corrected chi connectivity index (χ3v) is 15.8. The molecule has 0 spiro atoms. The van der Waals surface area contributed by atoms with Crippen LogP contribution in [0.1, 0.15) is 296 Å². The summed E-state index contributed by atoms with van der Waals surface area (Å²) in [5, 5.41) is 0. The number of hydrogen-bond acceptors (Lipinski definition) is 8. The minimum absolute atomic E-state index is 0.0358. The van der Waals surface area contributed by atoms with Gasteiger partial charge in [0.25, 0.3) is 7.82 Å². The van der Waals surface area contributed by atoms with Gasteiger partial charge < -0.3 is 27.9 Å². The quantitative estimate of drug-likeness (QED) is 0.0195. The van der Waals surface area contributed by atoms with E-state index in [0.29, 0.717) is 23.9 Å². The van der Waals surface area contributed by atoms with E-state index in [9.17, 15) is 19.0 Å². The number of hydrogen-bond donors (Lipinski definition) is 0. The van der Waals surface area contributed by atoms with Crippen molar-refractivity contribution in [2.75, 3.05) is 47.5 Å². The maximum Gasteiger partial charge on any atom is 0.306 e. The van der Waals surface area contributed by atoms with Crippen LogP contribution in [0.25, 0.3) is 0 Å². The van der Waals surface area contributed by atoms with Crippen molar-refractivity contribution in [2.45, 2.75) is 302 Å². The van der Waals surface area contributed by atoms with Crippen molar-refractivity contribution in [3.63, 3.8) is 0 Å². The van der Waals surface area contributed by atoms with Crippen LogP contribution in [-0.2, 0) is 32.7 Å². The van der Waals surface area contributed by atoms with Gasteiger partial charge in [0, 0.05) is 12.8 Å². The maximum atomic E-state index is 12.8. The molecule has 484 valence electrons. The number of unbranched alkanes of at least 4 members (excludes halogenated alkanes) is 31. The van der Waals surface area contributed by atoms with E-state index < -0.39 is 32.5 Å². The minimum atomic E-state index is -4.65. The molecule has 0 aliphatic rings. The topological polar surface area (TPSA) is 111 Å². The fraction of sp³-hybridized carbons (Fsp3) is 0.730.